The quantitative estimate of drug-likeness (QED) is 0.479. The van der Waals surface area contributed by atoms with E-state index in [2.05, 4.69) is 5.32 Å². The summed E-state index contributed by atoms with van der Waals surface area (Å²) in [6, 6.07) is 9.45. The minimum atomic E-state index is -0.433. The fourth-order valence-corrected chi connectivity index (χ4v) is 3.14. The van der Waals surface area contributed by atoms with E-state index in [9.17, 15) is 14.9 Å². The number of aromatic nitrogens is 1. The predicted octanol–water partition coefficient (Wildman–Crippen LogP) is 2.02. The summed E-state index contributed by atoms with van der Waals surface area (Å²) in [4.78, 5) is 24.0. The van der Waals surface area contributed by atoms with Crippen molar-refractivity contribution in [2.45, 2.75) is 25.5 Å². The van der Waals surface area contributed by atoms with Crippen molar-refractivity contribution in [3.8, 4) is 6.07 Å². The largest absolute Gasteiger partial charge is 0.468 e. The van der Waals surface area contributed by atoms with Crippen LogP contribution in [-0.4, -0.2) is 42.8 Å². The lowest BCUT2D eigenvalue weighted by molar-refractivity contribution is -0.141. The number of ether oxygens (including phenoxy) is 2. The zero-order chi connectivity index (χ0) is 19.2. The Labute approximate surface area is 157 Å². The van der Waals surface area contributed by atoms with E-state index >= 15 is 0 Å². The number of methoxy groups -OCH3 is 1. The van der Waals surface area contributed by atoms with Crippen LogP contribution in [0.1, 0.15) is 18.4 Å². The van der Waals surface area contributed by atoms with Crippen molar-refractivity contribution in [1.82, 2.24) is 9.88 Å². The van der Waals surface area contributed by atoms with Crippen molar-refractivity contribution >= 4 is 28.9 Å². The molecule has 0 radical (unpaired) electrons. The summed E-state index contributed by atoms with van der Waals surface area (Å²) in [6.45, 7) is 1.15. The summed E-state index contributed by atoms with van der Waals surface area (Å²) >= 11 is 0. The minimum absolute atomic E-state index is 0.00830. The van der Waals surface area contributed by atoms with Crippen LogP contribution < -0.4 is 5.32 Å². The van der Waals surface area contributed by atoms with Crippen molar-refractivity contribution in [2.24, 2.45) is 0 Å². The molecular formula is C20H21N3O4. The Hall–Kier alpha value is -3.11. The summed E-state index contributed by atoms with van der Waals surface area (Å²) in [5.41, 5.74) is 1.53. The number of para-hydroxylation sites is 1. The van der Waals surface area contributed by atoms with Gasteiger partial charge in [0.1, 0.15) is 18.2 Å². The van der Waals surface area contributed by atoms with Crippen LogP contribution in [0.15, 0.2) is 36.0 Å². The molecule has 1 fully saturated rings. The number of hydrogen-bond donors (Lipinski definition) is 1. The van der Waals surface area contributed by atoms with Gasteiger partial charge in [-0.1, -0.05) is 18.2 Å². The molecule has 1 aromatic carbocycles. The molecule has 1 atom stereocenters. The number of nitrogens with one attached hydrogen (secondary N) is 1. The van der Waals surface area contributed by atoms with Gasteiger partial charge in [-0.3, -0.25) is 9.59 Å². The standard InChI is InChI=1S/C20H21N3O4/c1-26-19(24)13-23-12-15(17-6-2-3-7-18(17)23)9-14(10-21)20(25)22-11-16-5-4-8-27-16/h2-3,6-7,9,12,16H,4-5,8,11,13H2,1H3,(H,22,25)/b14-9+/t16-/m1/s1. The van der Waals surface area contributed by atoms with Gasteiger partial charge in [0.15, 0.2) is 0 Å². The highest BCUT2D eigenvalue weighted by molar-refractivity contribution is 6.04. The Kier molecular flexibility index (Phi) is 5.89. The molecule has 1 aliphatic rings. The predicted molar refractivity (Wildman–Crippen MR) is 99.5 cm³/mol. The molecule has 1 aromatic heterocycles. The maximum atomic E-state index is 12.4. The molecule has 0 bridgehead atoms. The maximum absolute atomic E-state index is 12.4. The maximum Gasteiger partial charge on any atom is 0.325 e. The third-order valence-electron chi connectivity index (χ3n) is 4.53. The minimum Gasteiger partial charge on any atom is -0.468 e. The molecule has 2 aromatic rings. The number of hydrogen-bond acceptors (Lipinski definition) is 5. The number of benzene rings is 1. The van der Waals surface area contributed by atoms with E-state index in [1.54, 1.807) is 16.8 Å². The fraction of sp³-hybridized carbons (Fsp3) is 0.350. The van der Waals surface area contributed by atoms with Gasteiger partial charge in [0.25, 0.3) is 5.91 Å². The lowest BCUT2D eigenvalue weighted by Gasteiger charge is -2.10. The Balaban J connectivity index is 1.84. The first kappa shape index (κ1) is 18.7. The van der Waals surface area contributed by atoms with E-state index in [0.717, 1.165) is 23.7 Å². The average Bonchev–Trinajstić information content (AvgIpc) is 3.32. The Morgan fingerprint density at radius 3 is 2.96 bits per heavy atom. The van der Waals surface area contributed by atoms with Crippen molar-refractivity contribution in [3.05, 3.63) is 41.6 Å². The first-order valence-electron chi connectivity index (χ1n) is 8.78. The van der Waals surface area contributed by atoms with Crippen LogP contribution in [0.3, 0.4) is 0 Å². The molecule has 1 N–H and O–H groups in total. The fourth-order valence-electron chi connectivity index (χ4n) is 3.14. The third kappa shape index (κ3) is 4.36. The number of rotatable bonds is 6. The zero-order valence-electron chi connectivity index (χ0n) is 15.1. The molecule has 27 heavy (non-hydrogen) atoms. The number of amides is 1. The zero-order valence-corrected chi connectivity index (χ0v) is 15.1. The number of esters is 1. The van der Waals surface area contributed by atoms with E-state index in [0.29, 0.717) is 18.7 Å². The lowest BCUT2D eigenvalue weighted by Crippen LogP contribution is -2.32. The molecule has 1 aliphatic heterocycles. The first-order valence-corrected chi connectivity index (χ1v) is 8.78. The van der Waals surface area contributed by atoms with Gasteiger partial charge in [0.05, 0.1) is 13.2 Å². The van der Waals surface area contributed by atoms with E-state index in [1.807, 2.05) is 30.3 Å². The topological polar surface area (TPSA) is 93.4 Å². The molecule has 0 aliphatic carbocycles. The van der Waals surface area contributed by atoms with Crippen LogP contribution in [0, 0.1) is 11.3 Å². The van der Waals surface area contributed by atoms with Gasteiger partial charge in [-0.05, 0) is 25.0 Å². The van der Waals surface area contributed by atoms with Crippen molar-refractivity contribution < 1.29 is 19.1 Å². The Morgan fingerprint density at radius 2 is 2.26 bits per heavy atom. The van der Waals surface area contributed by atoms with Gasteiger partial charge in [-0.15, -0.1) is 0 Å². The molecule has 2 heterocycles. The molecule has 1 amide bonds. The summed E-state index contributed by atoms with van der Waals surface area (Å²) in [7, 11) is 1.33. The number of nitriles is 1. The van der Waals surface area contributed by atoms with Gasteiger partial charge >= 0.3 is 5.97 Å². The van der Waals surface area contributed by atoms with Gasteiger partial charge < -0.3 is 19.4 Å². The third-order valence-corrected chi connectivity index (χ3v) is 4.53. The van der Waals surface area contributed by atoms with Crippen LogP contribution in [0.4, 0.5) is 0 Å². The van der Waals surface area contributed by atoms with Crippen LogP contribution >= 0.6 is 0 Å². The van der Waals surface area contributed by atoms with Crippen molar-refractivity contribution in [3.63, 3.8) is 0 Å². The van der Waals surface area contributed by atoms with Gasteiger partial charge in [-0.2, -0.15) is 5.26 Å². The molecule has 140 valence electrons. The second kappa shape index (κ2) is 8.52. The van der Waals surface area contributed by atoms with Gasteiger partial charge in [-0.25, -0.2) is 0 Å². The monoisotopic (exact) mass is 367 g/mol. The van der Waals surface area contributed by atoms with E-state index in [-0.39, 0.29) is 24.2 Å². The summed E-state index contributed by atoms with van der Waals surface area (Å²) in [5.74, 6) is -0.807. The molecule has 0 unspecified atom stereocenters. The Bertz CT molecular complexity index is 917. The van der Waals surface area contributed by atoms with Gasteiger partial charge in [0.2, 0.25) is 0 Å². The van der Waals surface area contributed by atoms with Gasteiger partial charge in [0, 0.05) is 35.8 Å². The molecule has 3 rings (SSSR count). The van der Waals surface area contributed by atoms with Crippen LogP contribution in [0.25, 0.3) is 17.0 Å². The second-order valence-electron chi connectivity index (χ2n) is 6.32. The number of nitrogens with zero attached hydrogens (tertiary/aromatic N) is 2. The number of carbonyl (C=O) groups is 2. The van der Waals surface area contributed by atoms with Crippen molar-refractivity contribution in [2.75, 3.05) is 20.3 Å². The number of carbonyl (C=O) groups excluding carboxylic acids is 2. The van der Waals surface area contributed by atoms with Crippen LogP contribution in [0.5, 0.6) is 0 Å². The first-order chi connectivity index (χ1) is 13.1. The smallest absolute Gasteiger partial charge is 0.325 e. The van der Waals surface area contributed by atoms with E-state index in [1.165, 1.54) is 7.11 Å². The highest BCUT2D eigenvalue weighted by Crippen LogP contribution is 2.24. The lowest BCUT2D eigenvalue weighted by atomic mass is 10.1. The number of fused-ring (bicyclic) bond motifs is 1. The highest BCUT2D eigenvalue weighted by atomic mass is 16.5. The molecule has 0 spiro atoms. The Morgan fingerprint density at radius 1 is 1.44 bits per heavy atom. The summed E-state index contributed by atoms with van der Waals surface area (Å²) in [6.07, 6.45) is 5.19. The molecule has 7 nitrogen and oxygen atoms in total. The summed E-state index contributed by atoms with van der Waals surface area (Å²) < 4.78 is 12.0. The van der Waals surface area contributed by atoms with Crippen LogP contribution in [0.2, 0.25) is 0 Å². The SMILES string of the molecule is COC(=O)Cn1cc(/C=C(\C#N)C(=O)NC[C@H]2CCCO2)c2ccccc21. The normalized spacial score (nSPS) is 16.9. The van der Waals surface area contributed by atoms with E-state index < -0.39 is 5.91 Å². The summed E-state index contributed by atoms with van der Waals surface area (Å²) in [5, 5.41) is 13.0. The average molecular weight is 367 g/mol. The molecule has 1 saturated heterocycles. The van der Waals surface area contributed by atoms with E-state index in [4.69, 9.17) is 9.47 Å². The highest BCUT2D eigenvalue weighted by Gasteiger charge is 2.18. The van der Waals surface area contributed by atoms with Crippen molar-refractivity contribution in [1.29, 1.82) is 5.26 Å². The molecule has 7 heteroatoms. The van der Waals surface area contributed by atoms with Crippen LogP contribution in [-0.2, 0) is 25.6 Å². The molecular weight excluding hydrogens is 346 g/mol. The molecule has 0 saturated carbocycles. The second-order valence-corrected chi connectivity index (χ2v) is 6.32.